The van der Waals surface area contributed by atoms with Crippen LogP contribution in [0.25, 0.3) is 61.1 Å². The summed E-state index contributed by atoms with van der Waals surface area (Å²) in [5, 5.41) is 2.41. The molecular weight excluding hydrogens is 671 g/mol. The van der Waals surface area contributed by atoms with Crippen LogP contribution in [0.3, 0.4) is 0 Å². The fourth-order valence-electron chi connectivity index (χ4n) is 7.42. The number of aliphatic imine (C=N–C) groups is 2. The molecule has 0 spiro atoms. The van der Waals surface area contributed by atoms with Gasteiger partial charge in [-0.3, -0.25) is 4.99 Å². The molecule has 2 N–H and O–H groups in total. The van der Waals surface area contributed by atoms with Gasteiger partial charge in [0.05, 0.1) is 34.7 Å². The topological polar surface area (TPSA) is 68.6 Å². The Hall–Kier alpha value is -7.11. The number of amidine groups is 2. The van der Waals surface area contributed by atoms with E-state index in [1.54, 1.807) is 0 Å². The van der Waals surface area contributed by atoms with Crippen LogP contribution in [-0.2, 0) is 6.54 Å². The van der Waals surface area contributed by atoms with E-state index in [0.717, 1.165) is 79.9 Å². The van der Waals surface area contributed by atoms with Gasteiger partial charge in [0, 0.05) is 33.0 Å². The molecule has 0 radical (unpaired) electrons. The molecule has 0 amide bonds. The average molecular weight is 710 g/mol. The molecule has 0 fully saturated rings. The Morgan fingerprint density at radius 1 is 0.582 bits per heavy atom. The lowest BCUT2D eigenvalue weighted by atomic mass is 9.98. The Balaban J connectivity index is 1.25. The summed E-state index contributed by atoms with van der Waals surface area (Å²) in [4.78, 5) is 15.5. The van der Waals surface area contributed by atoms with E-state index >= 15 is 0 Å². The van der Waals surface area contributed by atoms with Crippen molar-refractivity contribution in [3.63, 3.8) is 0 Å². The predicted molar refractivity (Wildman–Crippen MR) is 230 cm³/mol. The molecule has 2 heterocycles. The quantitative estimate of drug-likeness (QED) is 0.126. The molecular formula is C50H39N5. The van der Waals surface area contributed by atoms with E-state index in [1.165, 1.54) is 10.8 Å². The number of allylic oxidation sites excluding steroid dienone is 2. The smallest absolute Gasteiger partial charge is 0.157 e. The lowest BCUT2D eigenvalue weighted by Gasteiger charge is -2.16. The van der Waals surface area contributed by atoms with Gasteiger partial charge in [0.25, 0.3) is 0 Å². The van der Waals surface area contributed by atoms with Crippen LogP contribution in [0.1, 0.15) is 24.0 Å². The first-order chi connectivity index (χ1) is 27.2. The van der Waals surface area contributed by atoms with Gasteiger partial charge in [0.15, 0.2) is 5.84 Å². The molecule has 8 aromatic rings. The minimum absolute atomic E-state index is 0.365. The van der Waals surface area contributed by atoms with Crippen LogP contribution in [0.5, 0.6) is 0 Å². The second kappa shape index (κ2) is 15.1. The number of pyridine rings is 1. The van der Waals surface area contributed by atoms with Crippen LogP contribution >= 0.6 is 0 Å². The average Bonchev–Trinajstić information content (AvgIpc) is 3.60. The van der Waals surface area contributed by atoms with Gasteiger partial charge in [-0.05, 0) is 65.9 Å². The molecule has 0 atom stereocenters. The highest BCUT2D eigenvalue weighted by Gasteiger charge is 2.17. The first-order valence-corrected chi connectivity index (χ1v) is 18.8. The Bertz CT molecular complexity index is 2660. The highest BCUT2D eigenvalue weighted by molar-refractivity contribution is 6.12. The summed E-state index contributed by atoms with van der Waals surface area (Å²) >= 11 is 0. The normalized spacial score (nSPS) is 13.3. The van der Waals surface area contributed by atoms with E-state index in [2.05, 4.69) is 150 Å². The molecule has 55 heavy (non-hydrogen) atoms. The third-order valence-corrected chi connectivity index (χ3v) is 10.1. The van der Waals surface area contributed by atoms with Crippen molar-refractivity contribution in [2.45, 2.75) is 19.4 Å². The molecule has 0 aliphatic heterocycles. The summed E-state index contributed by atoms with van der Waals surface area (Å²) in [6.45, 7) is 0.365. The van der Waals surface area contributed by atoms with Crippen molar-refractivity contribution >= 4 is 33.5 Å². The summed E-state index contributed by atoms with van der Waals surface area (Å²) in [5.74, 6) is 1.05. The Labute approximate surface area is 321 Å². The molecule has 2 aromatic heterocycles. The maximum atomic E-state index is 6.65. The summed E-state index contributed by atoms with van der Waals surface area (Å²) in [5.41, 5.74) is 19.0. The van der Waals surface area contributed by atoms with Crippen LogP contribution in [0, 0.1) is 0 Å². The van der Waals surface area contributed by atoms with Gasteiger partial charge in [-0.25, -0.2) is 9.98 Å². The van der Waals surface area contributed by atoms with Crippen LogP contribution in [0.2, 0.25) is 0 Å². The largest absolute Gasteiger partial charge is 0.383 e. The molecule has 0 unspecified atom stereocenters. The third-order valence-electron chi connectivity index (χ3n) is 10.1. The van der Waals surface area contributed by atoms with Gasteiger partial charge in [0.2, 0.25) is 0 Å². The van der Waals surface area contributed by atoms with Crippen molar-refractivity contribution in [1.82, 2.24) is 9.55 Å². The monoisotopic (exact) mass is 709 g/mol. The number of aromatic nitrogens is 2. The zero-order valence-corrected chi connectivity index (χ0v) is 30.4. The molecule has 6 aromatic carbocycles. The highest BCUT2D eigenvalue weighted by atomic mass is 15.0. The lowest BCUT2D eigenvalue weighted by Crippen LogP contribution is -2.17. The Kier molecular flexibility index (Phi) is 9.25. The Morgan fingerprint density at radius 3 is 1.84 bits per heavy atom. The van der Waals surface area contributed by atoms with E-state index in [4.69, 9.17) is 20.7 Å². The summed E-state index contributed by atoms with van der Waals surface area (Å²) in [6.07, 6.45) is 8.29. The van der Waals surface area contributed by atoms with Gasteiger partial charge in [-0.1, -0.05) is 152 Å². The van der Waals surface area contributed by atoms with Crippen LogP contribution < -0.4 is 5.73 Å². The number of para-hydroxylation sites is 2. The van der Waals surface area contributed by atoms with Crippen molar-refractivity contribution in [2.75, 3.05) is 0 Å². The molecule has 9 rings (SSSR count). The van der Waals surface area contributed by atoms with Gasteiger partial charge in [-0.15, -0.1) is 0 Å². The standard InChI is InChI=1S/C50H39N5/c51-49(37-21-9-3-10-22-37)54-50(38-23-11-4-12-24-38)52-34-41-31-39(29-30-46(41)55-47-27-15-13-25-42(47)43-26-14-16-28-48(43)55)45-33-40(35-17-5-1-6-18-35)32-44(53-45)36-19-7-2-8-20-36/h1-2,4-9,11-33H,3,10,34H2,(H2,51,52,54). The molecule has 0 saturated carbocycles. The lowest BCUT2D eigenvalue weighted by molar-refractivity contribution is 1.02. The number of benzene rings is 6. The number of hydrogen-bond donors (Lipinski definition) is 1. The van der Waals surface area contributed by atoms with E-state index in [9.17, 15) is 0 Å². The molecule has 1 aliphatic rings. The van der Waals surface area contributed by atoms with Crippen molar-refractivity contribution in [3.05, 3.63) is 205 Å². The number of nitrogens with two attached hydrogens (primary N) is 1. The summed E-state index contributed by atoms with van der Waals surface area (Å²) in [7, 11) is 0. The molecule has 0 bridgehead atoms. The van der Waals surface area contributed by atoms with Crippen molar-refractivity contribution in [3.8, 4) is 39.3 Å². The van der Waals surface area contributed by atoms with E-state index in [-0.39, 0.29) is 0 Å². The zero-order chi connectivity index (χ0) is 37.0. The predicted octanol–water partition coefficient (Wildman–Crippen LogP) is 11.8. The van der Waals surface area contributed by atoms with Crippen molar-refractivity contribution in [1.29, 1.82) is 0 Å². The van der Waals surface area contributed by atoms with Crippen LogP contribution in [0.15, 0.2) is 204 Å². The number of rotatable bonds is 8. The van der Waals surface area contributed by atoms with Crippen LogP contribution in [-0.4, -0.2) is 21.2 Å². The molecule has 5 heteroatoms. The highest BCUT2D eigenvalue weighted by Crippen LogP contribution is 2.36. The van der Waals surface area contributed by atoms with Crippen molar-refractivity contribution < 1.29 is 0 Å². The fraction of sp³-hybridized carbons (Fsp3) is 0.0600. The third kappa shape index (κ3) is 6.92. The minimum Gasteiger partial charge on any atom is -0.383 e. The zero-order valence-electron chi connectivity index (χ0n) is 30.4. The fourth-order valence-corrected chi connectivity index (χ4v) is 7.42. The Morgan fingerprint density at radius 2 is 1.18 bits per heavy atom. The second-order valence-electron chi connectivity index (χ2n) is 13.7. The number of hydrogen-bond acceptors (Lipinski definition) is 2. The molecule has 0 saturated heterocycles. The van der Waals surface area contributed by atoms with E-state index in [1.807, 2.05) is 42.5 Å². The van der Waals surface area contributed by atoms with Gasteiger partial charge in [-0.2, -0.15) is 0 Å². The first kappa shape index (κ1) is 33.7. The van der Waals surface area contributed by atoms with E-state index in [0.29, 0.717) is 18.2 Å². The van der Waals surface area contributed by atoms with E-state index < -0.39 is 0 Å². The second-order valence-corrected chi connectivity index (χ2v) is 13.7. The van der Waals surface area contributed by atoms with Gasteiger partial charge >= 0.3 is 0 Å². The SMILES string of the molecule is NC(=NC(=NCc1cc(-c2cc(-c3ccccc3)cc(-c3ccccc3)n2)ccc1-n1c2ccccc2c2ccccc21)c1ccccc1)C1=CCCC=C1. The van der Waals surface area contributed by atoms with Crippen molar-refractivity contribution in [2.24, 2.45) is 15.7 Å². The summed E-state index contributed by atoms with van der Waals surface area (Å²) < 4.78 is 2.36. The molecule has 264 valence electrons. The van der Waals surface area contributed by atoms with Crippen LogP contribution in [0.4, 0.5) is 0 Å². The maximum absolute atomic E-state index is 6.65. The minimum atomic E-state index is 0.365. The summed E-state index contributed by atoms with van der Waals surface area (Å²) in [6, 6.07) is 59.2. The van der Waals surface area contributed by atoms with Gasteiger partial charge in [0.1, 0.15) is 5.84 Å². The van der Waals surface area contributed by atoms with Gasteiger partial charge < -0.3 is 10.3 Å². The molecule has 1 aliphatic carbocycles. The maximum Gasteiger partial charge on any atom is 0.157 e. The first-order valence-electron chi connectivity index (χ1n) is 18.8. The number of nitrogens with zero attached hydrogens (tertiary/aromatic N) is 4. The molecule has 5 nitrogen and oxygen atoms in total. The number of fused-ring (bicyclic) bond motifs is 3.